The molecule has 2 unspecified atom stereocenters. The quantitative estimate of drug-likeness (QED) is 0.531. The van der Waals surface area contributed by atoms with Crippen molar-refractivity contribution in [3.05, 3.63) is 0 Å². The van der Waals surface area contributed by atoms with E-state index in [2.05, 4.69) is 0 Å². The zero-order valence-corrected chi connectivity index (χ0v) is 6.51. The number of hydrogen-bond acceptors (Lipinski definition) is 2. The van der Waals surface area contributed by atoms with E-state index in [4.69, 9.17) is 0 Å². The van der Waals surface area contributed by atoms with E-state index < -0.39 is 0 Å². The molecule has 60 valence electrons. The first-order valence-electron chi connectivity index (χ1n) is 4.28. The van der Waals surface area contributed by atoms with Gasteiger partial charge in [-0.25, -0.2) is 0 Å². The fourth-order valence-electron chi connectivity index (χ4n) is 2.23. The molecule has 2 fully saturated rings. The van der Waals surface area contributed by atoms with E-state index >= 15 is 0 Å². The number of aldehydes is 1. The van der Waals surface area contributed by atoms with Crippen LogP contribution >= 0.6 is 0 Å². The van der Waals surface area contributed by atoms with Crippen molar-refractivity contribution >= 4 is 12.1 Å². The Morgan fingerprint density at radius 3 is 2.82 bits per heavy atom. The molecule has 0 N–H and O–H groups in total. The third kappa shape index (κ3) is 0.849. The van der Waals surface area contributed by atoms with Crippen LogP contribution in [0.15, 0.2) is 0 Å². The van der Waals surface area contributed by atoms with Gasteiger partial charge in [0.25, 0.3) is 0 Å². The number of Topliss-reactive ketones (excluding diaryl/α,β-unsaturated/α-hetero) is 1. The average molecular weight is 152 g/mol. The van der Waals surface area contributed by atoms with Gasteiger partial charge in [0, 0.05) is 17.8 Å². The molecule has 0 radical (unpaired) electrons. The molecule has 0 aromatic carbocycles. The summed E-state index contributed by atoms with van der Waals surface area (Å²) in [4.78, 5) is 21.8. The van der Waals surface area contributed by atoms with Gasteiger partial charge in [-0.1, -0.05) is 6.42 Å². The Balaban J connectivity index is 2.13. The lowest BCUT2D eigenvalue weighted by Crippen LogP contribution is -2.22. The molecule has 0 aromatic heterocycles. The zero-order valence-electron chi connectivity index (χ0n) is 6.51. The molecule has 0 aliphatic heterocycles. The molecular formula is C9H12O2. The summed E-state index contributed by atoms with van der Waals surface area (Å²) in [5.74, 6) is 0.427. The van der Waals surface area contributed by atoms with Crippen molar-refractivity contribution in [2.75, 3.05) is 0 Å². The van der Waals surface area contributed by atoms with E-state index in [-0.39, 0.29) is 11.3 Å². The smallest absolute Gasteiger partial charge is 0.139 e. The lowest BCUT2D eigenvalue weighted by atomic mass is 9.83. The molecule has 0 saturated heterocycles. The summed E-state index contributed by atoms with van der Waals surface area (Å²) in [7, 11) is 0. The molecule has 0 heterocycles. The van der Waals surface area contributed by atoms with Gasteiger partial charge in [0.05, 0.1) is 0 Å². The molecule has 2 rings (SSSR count). The lowest BCUT2D eigenvalue weighted by Gasteiger charge is -2.19. The maximum Gasteiger partial charge on any atom is 0.139 e. The summed E-state index contributed by atoms with van der Waals surface area (Å²) < 4.78 is 0. The van der Waals surface area contributed by atoms with E-state index in [1.54, 1.807) is 0 Å². The predicted molar refractivity (Wildman–Crippen MR) is 40.1 cm³/mol. The topological polar surface area (TPSA) is 34.1 Å². The Morgan fingerprint density at radius 1 is 1.45 bits per heavy atom. The van der Waals surface area contributed by atoms with Crippen LogP contribution in [-0.4, -0.2) is 12.1 Å². The molecule has 2 aliphatic rings. The number of carbonyl (C=O) groups is 2. The van der Waals surface area contributed by atoms with Gasteiger partial charge in [0.1, 0.15) is 12.1 Å². The normalized spacial score (nSPS) is 42.5. The highest BCUT2D eigenvalue weighted by Gasteiger charge is 2.59. The summed E-state index contributed by atoms with van der Waals surface area (Å²) in [6.07, 6.45) is 5.65. The minimum atomic E-state index is -0.153. The number of carbonyl (C=O) groups excluding carboxylic acids is 2. The van der Waals surface area contributed by atoms with Crippen LogP contribution in [-0.2, 0) is 9.59 Å². The Labute approximate surface area is 66.0 Å². The predicted octanol–water partition coefficient (Wildman–Crippen LogP) is 1.33. The van der Waals surface area contributed by atoms with Crippen molar-refractivity contribution in [2.45, 2.75) is 32.1 Å². The second-order valence-electron chi connectivity index (χ2n) is 3.73. The van der Waals surface area contributed by atoms with Crippen LogP contribution in [0.4, 0.5) is 0 Å². The molecule has 2 heteroatoms. The van der Waals surface area contributed by atoms with Gasteiger partial charge < -0.3 is 4.79 Å². The number of ketones is 1. The van der Waals surface area contributed by atoms with E-state index in [0.717, 1.165) is 32.0 Å². The Morgan fingerprint density at radius 2 is 2.27 bits per heavy atom. The van der Waals surface area contributed by atoms with Crippen LogP contribution in [0.2, 0.25) is 0 Å². The van der Waals surface area contributed by atoms with Crippen LogP contribution in [0.5, 0.6) is 0 Å². The highest BCUT2D eigenvalue weighted by atomic mass is 16.1. The van der Waals surface area contributed by atoms with Gasteiger partial charge in [-0.2, -0.15) is 0 Å². The monoisotopic (exact) mass is 152 g/mol. The minimum absolute atomic E-state index is 0.0790. The van der Waals surface area contributed by atoms with Crippen LogP contribution in [0.25, 0.3) is 0 Å². The summed E-state index contributed by atoms with van der Waals surface area (Å²) in [5.41, 5.74) is -0.153. The largest absolute Gasteiger partial charge is 0.303 e. The zero-order chi connectivity index (χ0) is 7.90. The van der Waals surface area contributed by atoms with Crippen molar-refractivity contribution in [1.82, 2.24) is 0 Å². The fourth-order valence-corrected chi connectivity index (χ4v) is 2.23. The number of rotatable bonds is 1. The number of hydrogen-bond donors (Lipinski definition) is 0. The van der Waals surface area contributed by atoms with E-state index in [1.165, 1.54) is 0 Å². The molecule has 2 saturated carbocycles. The third-order valence-electron chi connectivity index (χ3n) is 3.13. The summed E-state index contributed by atoms with van der Waals surface area (Å²) in [5, 5.41) is 0. The van der Waals surface area contributed by atoms with Gasteiger partial charge >= 0.3 is 0 Å². The first-order chi connectivity index (χ1) is 5.29. The van der Waals surface area contributed by atoms with E-state index in [1.807, 2.05) is 0 Å². The first kappa shape index (κ1) is 7.01. The van der Waals surface area contributed by atoms with Gasteiger partial charge in [-0.05, 0) is 19.3 Å². The SMILES string of the molecule is O=CC1CC12CCCCC2=O. The van der Waals surface area contributed by atoms with Crippen LogP contribution in [0.3, 0.4) is 0 Å². The Kier molecular flexibility index (Phi) is 1.38. The summed E-state index contributed by atoms with van der Waals surface area (Å²) in [6, 6.07) is 0. The maximum absolute atomic E-state index is 11.4. The molecule has 2 nitrogen and oxygen atoms in total. The van der Waals surface area contributed by atoms with Gasteiger partial charge in [0.2, 0.25) is 0 Å². The van der Waals surface area contributed by atoms with Gasteiger partial charge in [-0.15, -0.1) is 0 Å². The molecular weight excluding hydrogens is 140 g/mol. The van der Waals surface area contributed by atoms with Crippen LogP contribution in [0, 0.1) is 11.3 Å². The fraction of sp³-hybridized carbons (Fsp3) is 0.778. The highest BCUT2D eigenvalue weighted by molar-refractivity contribution is 5.92. The van der Waals surface area contributed by atoms with Crippen molar-refractivity contribution in [1.29, 1.82) is 0 Å². The molecule has 0 amide bonds. The molecule has 2 aliphatic carbocycles. The van der Waals surface area contributed by atoms with Crippen molar-refractivity contribution in [3.8, 4) is 0 Å². The van der Waals surface area contributed by atoms with Crippen molar-refractivity contribution < 1.29 is 9.59 Å². The van der Waals surface area contributed by atoms with Crippen LogP contribution in [0.1, 0.15) is 32.1 Å². The summed E-state index contributed by atoms with van der Waals surface area (Å²) >= 11 is 0. The van der Waals surface area contributed by atoms with E-state index in [0.29, 0.717) is 12.2 Å². The highest BCUT2D eigenvalue weighted by Crippen LogP contribution is 2.58. The van der Waals surface area contributed by atoms with Crippen molar-refractivity contribution in [3.63, 3.8) is 0 Å². The standard InChI is InChI=1S/C9H12O2/c10-6-7-5-9(7)4-2-1-3-8(9)11/h6-7H,1-5H2. The molecule has 0 aromatic rings. The van der Waals surface area contributed by atoms with Crippen LogP contribution < -0.4 is 0 Å². The first-order valence-corrected chi connectivity index (χ1v) is 4.28. The maximum atomic E-state index is 11.4. The van der Waals surface area contributed by atoms with E-state index in [9.17, 15) is 9.59 Å². The molecule has 11 heavy (non-hydrogen) atoms. The van der Waals surface area contributed by atoms with Crippen molar-refractivity contribution in [2.24, 2.45) is 11.3 Å². The summed E-state index contributed by atoms with van der Waals surface area (Å²) in [6.45, 7) is 0. The Bertz CT molecular complexity index is 210. The molecule has 2 atom stereocenters. The molecule has 0 bridgehead atoms. The van der Waals surface area contributed by atoms with Gasteiger partial charge in [-0.3, -0.25) is 4.79 Å². The average Bonchev–Trinajstić information content (AvgIpc) is 2.72. The minimum Gasteiger partial charge on any atom is -0.303 e. The Hall–Kier alpha value is -0.660. The second kappa shape index (κ2) is 2.16. The molecule has 1 spiro atoms. The van der Waals surface area contributed by atoms with Gasteiger partial charge in [0.15, 0.2) is 0 Å². The lowest BCUT2D eigenvalue weighted by molar-refractivity contribution is -0.128. The second-order valence-corrected chi connectivity index (χ2v) is 3.73. The third-order valence-corrected chi connectivity index (χ3v) is 3.13.